The second-order valence-electron chi connectivity index (χ2n) is 19.2. The van der Waals surface area contributed by atoms with E-state index in [0.29, 0.717) is 43.9 Å². The molecule has 2 N–H and O–H groups in total. The van der Waals surface area contributed by atoms with E-state index in [4.69, 9.17) is 14.2 Å². The smallest absolute Gasteiger partial charge is 0.306 e. The van der Waals surface area contributed by atoms with Crippen molar-refractivity contribution in [1.29, 1.82) is 0 Å². The van der Waals surface area contributed by atoms with Gasteiger partial charge in [-0.3, -0.25) is 19.2 Å². The van der Waals surface area contributed by atoms with Crippen molar-refractivity contribution in [3.63, 3.8) is 0 Å². The minimum absolute atomic E-state index is 0.00675. The number of esters is 2. The second kappa shape index (κ2) is 44.1. The lowest BCUT2D eigenvalue weighted by Gasteiger charge is -2.23. The molecule has 0 heterocycles. The van der Waals surface area contributed by atoms with Crippen molar-refractivity contribution < 1.29 is 23.8 Å². The van der Waals surface area contributed by atoms with Crippen molar-refractivity contribution in [3.8, 4) is 0 Å². The zero-order valence-corrected chi connectivity index (χ0v) is 43.2. The van der Waals surface area contributed by atoms with Crippen LogP contribution >= 0.6 is 0 Å². The van der Waals surface area contributed by atoms with Gasteiger partial charge in [-0.1, -0.05) is 169 Å². The van der Waals surface area contributed by atoms with Crippen LogP contribution in [0.25, 0.3) is 0 Å². The van der Waals surface area contributed by atoms with Gasteiger partial charge in [0.15, 0.2) is 0 Å². The fraction of sp³-hybridized carbons (Fsp3) is 0.891. The minimum Gasteiger partial charge on any atom is -0.462 e. The third-order valence-electron chi connectivity index (χ3n) is 13.0. The Bertz CT molecular complexity index is 1300. The topological polar surface area (TPSA) is 123 Å². The molecule has 1 aromatic rings. The summed E-state index contributed by atoms with van der Waals surface area (Å²) >= 11 is 0. The molecule has 0 aliphatic rings. The summed E-state index contributed by atoms with van der Waals surface area (Å²) in [7, 11) is 1.61. The maximum absolute atomic E-state index is 12.9. The molecule has 0 aromatic heterocycles. The van der Waals surface area contributed by atoms with Gasteiger partial charge in [0.25, 0.3) is 10.9 Å². The van der Waals surface area contributed by atoms with Crippen LogP contribution in [0.4, 0.5) is 11.4 Å². The summed E-state index contributed by atoms with van der Waals surface area (Å²) in [5, 5.41) is 6.26. The van der Waals surface area contributed by atoms with Gasteiger partial charge in [-0.05, 0) is 96.7 Å². The van der Waals surface area contributed by atoms with Crippen LogP contribution < -0.4 is 21.5 Å². The largest absolute Gasteiger partial charge is 0.462 e. The molecule has 0 radical (unpaired) electrons. The number of methoxy groups -OCH3 is 1. The Morgan fingerprint density at radius 1 is 0.431 bits per heavy atom. The number of hydrogen-bond acceptors (Lipinski definition) is 10. The fourth-order valence-corrected chi connectivity index (χ4v) is 8.92. The van der Waals surface area contributed by atoms with Gasteiger partial charge in [0.1, 0.15) is 23.6 Å². The standard InChI is InChI=1S/C55H103N3O7/c1-6-10-13-16-21-28-37-48(36-9-4)64-50(59)40-31-24-19-26-33-44-58(46-35-42-56-52-53(55(62)54(52)61)57-43-47-63-5)45-34-27-20-25-32-41-51(60)65-49(38-29-22-17-14-11-7-2)39-30-23-18-15-12-8-3/h48-49,56-57H,6-47H2,1-5H3. The van der Waals surface area contributed by atoms with Crippen LogP contribution in [0, 0.1) is 0 Å². The molecule has 10 heteroatoms. The normalized spacial score (nSPS) is 12.1. The predicted molar refractivity (Wildman–Crippen MR) is 275 cm³/mol. The molecule has 1 unspecified atom stereocenters. The van der Waals surface area contributed by atoms with E-state index in [1.54, 1.807) is 7.11 Å². The highest BCUT2D eigenvalue weighted by Crippen LogP contribution is 2.20. The van der Waals surface area contributed by atoms with E-state index in [0.717, 1.165) is 142 Å². The summed E-state index contributed by atoms with van der Waals surface area (Å²) in [5.74, 6) is -0.0327. The van der Waals surface area contributed by atoms with E-state index in [1.165, 1.54) is 96.3 Å². The first-order chi connectivity index (χ1) is 31.8. The second-order valence-corrected chi connectivity index (χ2v) is 19.2. The van der Waals surface area contributed by atoms with Gasteiger partial charge in [0.2, 0.25) is 0 Å². The average molecular weight is 918 g/mol. The number of hydrogen-bond donors (Lipinski definition) is 2. The molecule has 0 amide bonds. The van der Waals surface area contributed by atoms with Gasteiger partial charge in [0, 0.05) is 33.0 Å². The van der Waals surface area contributed by atoms with Gasteiger partial charge in [0.05, 0.1) is 6.61 Å². The lowest BCUT2D eigenvalue weighted by molar-refractivity contribution is -0.151. The number of unbranched alkanes of at least 4 members (excludes halogenated alkanes) is 23. The Kier molecular flexibility index (Phi) is 41.1. The van der Waals surface area contributed by atoms with E-state index >= 15 is 0 Å². The Morgan fingerprint density at radius 3 is 1.20 bits per heavy atom. The van der Waals surface area contributed by atoms with Gasteiger partial charge in [-0.2, -0.15) is 0 Å². The third kappa shape index (κ3) is 33.6. The predicted octanol–water partition coefficient (Wildman–Crippen LogP) is 14.0. The Morgan fingerprint density at radius 2 is 0.785 bits per heavy atom. The number of ether oxygens (including phenoxy) is 3. The quantitative estimate of drug-likeness (QED) is 0.0371. The van der Waals surface area contributed by atoms with E-state index < -0.39 is 10.9 Å². The first-order valence-corrected chi connectivity index (χ1v) is 27.7. The first kappa shape index (κ1) is 60.6. The highest BCUT2D eigenvalue weighted by Gasteiger charge is 2.20. The van der Waals surface area contributed by atoms with E-state index in [1.807, 2.05) is 0 Å². The number of nitrogens with one attached hydrogen (secondary N) is 2. The molecule has 0 saturated heterocycles. The minimum atomic E-state index is -0.459. The molecule has 0 spiro atoms. The molecular weight excluding hydrogens is 815 g/mol. The van der Waals surface area contributed by atoms with Crippen LogP contribution in [0.3, 0.4) is 0 Å². The van der Waals surface area contributed by atoms with E-state index in [2.05, 4.69) is 43.2 Å². The molecule has 1 aromatic carbocycles. The fourth-order valence-electron chi connectivity index (χ4n) is 8.92. The zero-order chi connectivity index (χ0) is 47.4. The number of rotatable bonds is 50. The van der Waals surface area contributed by atoms with Gasteiger partial charge in [-0.15, -0.1) is 0 Å². The number of anilines is 2. The van der Waals surface area contributed by atoms with Crippen LogP contribution in [0.15, 0.2) is 9.59 Å². The van der Waals surface area contributed by atoms with Gasteiger partial charge < -0.3 is 29.7 Å². The molecule has 380 valence electrons. The lowest BCUT2D eigenvalue weighted by Crippen LogP contribution is -2.38. The van der Waals surface area contributed by atoms with Crippen LogP contribution in [0.1, 0.15) is 259 Å². The molecular formula is C55H103N3O7. The number of carbonyl (C=O) groups excluding carboxylic acids is 2. The van der Waals surface area contributed by atoms with Crippen LogP contribution in [-0.4, -0.2) is 75.5 Å². The summed E-state index contributed by atoms with van der Waals surface area (Å²) in [4.78, 5) is 52.5. The lowest BCUT2D eigenvalue weighted by atomic mass is 10.0. The van der Waals surface area contributed by atoms with Crippen LogP contribution in [0.2, 0.25) is 0 Å². The molecule has 1 rings (SSSR count). The molecule has 0 bridgehead atoms. The highest BCUT2D eigenvalue weighted by molar-refractivity contribution is 5.74. The SMILES string of the molecule is CCCCCCCCC(CCC)OC(=O)CCCCCCCN(CCCCCCCC(=O)OC(CCCCCCCC)CCCCCCCC)CCCNc1c(NCCOC)c(=O)c1=O. The summed E-state index contributed by atoms with van der Waals surface area (Å²) in [6.45, 7) is 13.5. The number of carbonyl (C=O) groups is 2. The monoisotopic (exact) mass is 918 g/mol. The zero-order valence-electron chi connectivity index (χ0n) is 43.2. The van der Waals surface area contributed by atoms with Crippen LogP contribution in [-0.2, 0) is 23.8 Å². The van der Waals surface area contributed by atoms with Crippen molar-refractivity contribution in [1.82, 2.24) is 4.90 Å². The summed E-state index contributed by atoms with van der Waals surface area (Å²) in [5.41, 5.74) is -0.131. The van der Waals surface area contributed by atoms with Crippen LogP contribution in [0.5, 0.6) is 0 Å². The van der Waals surface area contributed by atoms with Gasteiger partial charge in [-0.25, -0.2) is 0 Å². The average Bonchev–Trinajstić information content (AvgIpc) is 3.30. The summed E-state index contributed by atoms with van der Waals surface area (Å²) in [6.07, 6.45) is 40.5. The van der Waals surface area contributed by atoms with Crippen molar-refractivity contribution in [3.05, 3.63) is 20.4 Å². The highest BCUT2D eigenvalue weighted by atomic mass is 16.5. The van der Waals surface area contributed by atoms with E-state index in [9.17, 15) is 19.2 Å². The number of nitrogens with zero attached hydrogens (tertiary/aromatic N) is 1. The summed E-state index contributed by atoms with van der Waals surface area (Å²) < 4.78 is 17.1. The van der Waals surface area contributed by atoms with Crippen molar-refractivity contribution in [2.75, 3.05) is 57.1 Å². The molecule has 10 nitrogen and oxygen atoms in total. The molecule has 0 saturated carbocycles. The Labute approximate surface area is 399 Å². The molecule has 0 aliphatic carbocycles. The maximum Gasteiger partial charge on any atom is 0.306 e. The maximum atomic E-state index is 12.9. The van der Waals surface area contributed by atoms with Crippen molar-refractivity contribution in [2.24, 2.45) is 0 Å². The molecule has 1 atom stereocenters. The Hall–Kier alpha value is -2.46. The molecule has 0 aliphatic heterocycles. The first-order valence-electron chi connectivity index (χ1n) is 27.7. The molecule has 65 heavy (non-hydrogen) atoms. The molecule has 0 fully saturated rings. The van der Waals surface area contributed by atoms with Crippen molar-refractivity contribution in [2.45, 2.75) is 271 Å². The Balaban J connectivity index is 2.50. The van der Waals surface area contributed by atoms with E-state index in [-0.39, 0.29) is 24.1 Å². The summed E-state index contributed by atoms with van der Waals surface area (Å²) in [6, 6.07) is 0. The van der Waals surface area contributed by atoms with Gasteiger partial charge >= 0.3 is 11.9 Å². The van der Waals surface area contributed by atoms with Crippen molar-refractivity contribution >= 4 is 23.3 Å². The third-order valence-corrected chi connectivity index (χ3v) is 13.0.